The summed E-state index contributed by atoms with van der Waals surface area (Å²) >= 11 is 6.71. The van der Waals surface area contributed by atoms with Gasteiger partial charge >= 0.3 is 0 Å². The van der Waals surface area contributed by atoms with Crippen molar-refractivity contribution in [2.45, 2.75) is 11.3 Å². The lowest BCUT2D eigenvalue weighted by Crippen LogP contribution is -2.34. The molecule has 2 aromatic heterocycles. The van der Waals surface area contributed by atoms with Crippen molar-refractivity contribution in [2.24, 2.45) is 0 Å². The maximum absolute atomic E-state index is 13.0. The molecule has 8 heteroatoms. The lowest BCUT2D eigenvalue weighted by molar-refractivity contribution is 0.441. The van der Waals surface area contributed by atoms with E-state index in [4.69, 9.17) is 0 Å². The Labute approximate surface area is 168 Å². The standard InChI is InChI=1S/C18H15Br2N3O2S/c19-13-3-4-17(16(20)10-13)26(24,25)23-8-5-12(6-9-23)15-11-22-18-14(15)2-1-7-21-18/h1-5,7,10-11H,6,8-9H2,(H,21,22). The van der Waals surface area contributed by atoms with Crippen molar-refractivity contribution in [3.05, 3.63) is 63.3 Å². The number of aromatic amines is 1. The molecule has 1 aliphatic heterocycles. The molecule has 0 bridgehead atoms. The van der Waals surface area contributed by atoms with Crippen LogP contribution < -0.4 is 0 Å². The van der Waals surface area contributed by atoms with Crippen LogP contribution in [0.4, 0.5) is 0 Å². The van der Waals surface area contributed by atoms with Crippen LogP contribution in [-0.2, 0) is 10.0 Å². The summed E-state index contributed by atoms with van der Waals surface area (Å²) < 4.78 is 28.8. The molecule has 1 N–H and O–H groups in total. The molecule has 3 heterocycles. The summed E-state index contributed by atoms with van der Waals surface area (Å²) in [7, 11) is -3.54. The average molecular weight is 497 g/mol. The summed E-state index contributed by atoms with van der Waals surface area (Å²) in [5, 5.41) is 1.06. The van der Waals surface area contributed by atoms with E-state index in [1.807, 2.05) is 24.4 Å². The molecule has 0 atom stereocenters. The van der Waals surface area contributed by atoms with Gasteiger partial charge in [-0.2, -0.15) is 4.31 Å². The van der Waals surface area contributed by atoms with Gasteiger partial charge in [-0.25, -0.2) is 13.4 Å². The third-order valence-electron chi connectivity index (χ3n) is 4.48. The Hall–Kier alpha value is -1.48. The van der Waals surface area contributed by atoms with Crippen molar-refractivity contribution in [3.8, 4) is 0 Å². The summed E-state index contributed by atoms with van der Waals surface area (Å²) in [5.74, 6) is 0. The fourth-order valence-corrected chi connectivity index (χ4v) is 6.25. The summed E-state index contributed by atoms with van der Waals surface area (Å²) in [5.41, 5.74) is 3.08. The van der Waals surface area contributed by atoms with Crippen molar-refractivity contribution >= 4 is 58.5 Å². The van der Waals surface area contributed by atoms with Gasteiger partial charge in [-0.05, 0) is 58.3 Å². The zero-order valence-electron chi connectivity index (χ0n) is 13.6. The van der Waals surface area contributed by atoms with Gasteiger partial charge in [-0.3, -0.25) is 0 Å². The zero-order chi connectivity index (χ0) is 18.3. The molecule has 0 spiro atoms. The number of nitrogens with zero attached hydrogens (tertiary/aromatic N) is 2. The molecule has 5 nitrogen and oxygen atoms in total. The number of aromatic nitrogens is 2. The predicted molar refractivity (Wildman–Crippen MR) is 109 cm³/mol. The van der Waals surface area contributed by atoms with Crippen LogP contribution >= 0.6 is 31.9 Å². The van der Waals surface area contributed by atoms with Crippen molar-refractivity contribution < 1.29 is 8.42 Å². The fourth-order valence-electron chi connectivity index (χ4n) is 3.16. The molecule has 0 fully saturated rings. The third-order valence-corrected chi connectivity index (χ3v) is 7.82. The number of rotatable bonds is 3. The van der Waals surface area contributed by atoms with Crippen LogP contribution in [0.2, 0.25) is 0 Å². The van der Waals surface area contributed by atoms with Gasteiger partial charge in [-0.1, -0.05) is 22.0 Å². The van der Waals surface area contributed by atoms with Crippen LogP contribution in [-0.4, -0.2) is 35.8 Å². The number of sulfonamides is 1. The van der Waals surface area contributed by atoms with E-state index in [2.05, 4.69) is 41.8 Å². The Morgan fingerprint density at radius 2 is 2.04 bits per heavy atom. The van der Waals surface area contributed by atoms with E-state index in [0.29, 0.717) is 24.0 Å². The predicted octanol–water partition coefficient (Wildman–Crippen LogP) is 4.57. The molecule has 0 saturated heterocycles. The number of benzene rings is 1. The summed E-state index contributed by atoms with van der Waals surface area (Å²) in [4.78, 5) is 7.77. The van der Waals surface area contributed by atoms with Crippen molar-refractivity contribution in [1.29, 1.82) is 0 Å². The molecule has 0 amide bonds. The van der Waals surface area contributed by atoms with E-state index in [1.165, 1.54) is 4.31 Å². The topological polar surface area (TPSA) is 66.1 Å². The number of hydrogen-bond acceptors (Lipinski definition) is 3. The van der Waals surface area contributed by atoms with Crippen LogP contribution in [0.5, 0.6) is 0 Å². The number of fused-ring (bicyclic) bond motifs is 1. The second-order valence-corrected chi connectivity index (χ2v) is 9.70. The first-order chi connectivity index (χ1) is 12.5. The molecule has 0 saturated carbocycles. The van der Waals surface area contributed by atoms with Gasteiger partial charge < -0.3 is 4.98 Å². The molecule has 0 aliphatic carbocycles. The van der Waals surface area contributed by atoms with E-state index < -0.39 is 10.0 Å². The number of pyridine rings is 1. The number of hydrogen-bond donors (Lipinski definition) is 1. The second kappa shape index (κ2) is 6.92. The van der Waals surface area contributed by atoms with Gasteiger partial charge in [0, 0.05) is 45.4 Å². The number of halogens is 2. The normalized spacial score (nSPS) is 16.0. The van der Waals surface area contributed by atoms with Crippen LogP contribution in [0.15, 0.2) is 62.6 Å². The highest BCUT2D eigenvalue weighted by molar-refractivity contribution is 9.11. The molecule has 1 aromatic carbocycles. The Kier molecular flexibility index (Phi) is 4.77. The first kappa shape index (κ1) is 17.9. The van der Waals surface area contributed by atoms with Crippen molar-refractivity contribution in [3.63, 3.8) is 0 Å². The van der Waals surface area contributed by atoms with Crippen molar-refractivity contribution in [1.82, 2.24) is 14.3 Å². The van der Waals surface area contributed by atoms with Gasteiger partial charge in [-0.15, -0.1) is 0 Å². The molecule has 0 radical (unpaired) electrons. The van der Waals surface area contributed by atoms with Gasteiger partial charge in [0.1, 0.15) is 5.65 Å². The molecule has 26 heavy (non-hydrogen) atoms. The van der Waals surface area contributed by atoms with Crippen LogP contribution in [0.25, 0.3) is 16.6 Å². The minimum absolute atomic E-state index is 0.286. The van der Waals surface area contributed by atoms with E-state index in [0.717, 1.165) is 26.6 Å². The van der Waals surface area contributed by atoms with Gasteiger partial charge in [0.2, 0.25) is 10.0 Å². The lowest BCUT2D eigenvalue weighted by atomic mass is 10.0. The maximum Gasteiger partial charge on any atom is 0.244 e. The molecular formula is C18H15Br2N3O2S. The molecular weight excluding hydrogens is 482 g/mol. The van der Waals surface area contributed by atoms with E-state index in [9.17, 15) is 8.42 Å². The summed E-state index contributed by atoms with van der Waals surface area (Å²) in [6, 6.07) is 9.04. The van der Waals surface area contributed by atoms with E-state index in [1.54, 1.807) is 24.4 Å². The highest BCUT2D eigenvalue weighted by atomic mass is 79.9. The number of nitrogens with one attached hydrogen (secondary N) is 1. The Balaban J connectivity index is 1.63. The Morgan fingerprint density at radius 1 is 1.19 bits per heavy atom. The molecule has 3 aromatic rings. The van der Waals surface area contributed by atoms with Crippen LogP contribution in [0, 0.1) is 0 Å². The largest absolute Gasteiger partial charge is 0.346 e. The van der Waals surface area contributed by atoms with Gasteiger partial charge in [0.05, 0.1) is 4.90 Å². The molecule has 0 unspecified atom stereocenters. The van der Waals surface area contributed by atoms with E-state index >= 15 is 0 Å². The second-order valence-electron chi connectivity index (χ2n) is 6.02. The minimum atomic E-state index is -3.54. The highest BCUT2D eigenvalue weighted by Gasteiger charge is 2.28. The van der Waals surface area contributed by atoms with Gasteiger partial charge in [0.15, 0.2) is 0 Å². The zero-order valence-corrected chi connectivity index (χ0v) is 17.6. The van der Waals surface area contributed by atoms with Crippen LogP contribution in [0.1, 0.15) is 12.0 Å². The molecule has 1 aliphatic rings. The van der Waals surface area contributed by atoms with Crippen LogP contribution in [0.3, 0.4) is 0 Å². The Bertz CT molecular complexity index is 1120. The maximum atomic E-state index is 13.0. The van der Waals surface area contributed by atoms with Crippen molar-refractivity contribution in [2.75, 3.05) is 13.1 Å². The summed E-state index contributed by atoms with van der Waals surface area (Å²) in [6.45, 7) is 0.802. The molecule has 4 rings (SSSR count). The SMILES string of the molecule is O=S(=O)(c1ccc(Br)cc1Br)N1CC=C(c2c[nH]c3ncccc23)CC1. The number of H-pyrrole nitrogens is 1. The fraction of sp³-hybridized carbons (Fsp3) is 0.167. The quantitative estimate of drug-likeness (QED) is 0.577. The highest BCUT2D eigenvalue weighted by Crippen LogP contribution is 2.32. The first-order valence-corrected chi connectivity index (χ1v) is 11.1. The third kappa shape index (κ3) is 3.15. The summed E-state index contributed by atoms with van der Waals surface area (Å²) in [6.07, 6.45) is 6.35. The smallest absolute Gasteiger partial charge is 0.244 e. The minimum Gasteiger partial charge on any atom is -0.346 e. The monoisotopic (exact) mass is 495 g/mol. The van der Waals surface area contributed by atoms with Gasteiger partial charge in [0.25, 0.3) is 0 Å². The lowest BCUT2D eigenvalue weighted by Gasteiger charge is -2.26. The first-order valence-electron chi connectivity index (χ1n) is 8.03. The van der Waals surface area contributed by atoms with E-state index in [-0.39, 0.29) is 4.90 Å². The Morgan fingerprint density at radius 3 is 2.77 bits per heavy atom. The average Bonchev–Trinajstić information content (AvgIpc) is 3.05. The molecule has 134 valence electrons.